The van der Waals surface area contributed by atoms with Gasteiger partial charge in [0.05, 0.1) is 6.04 Å². The number of aryl methyl sites for hydroxylation is 1. The molecule has 0 aliphatic carbocycles. The van der Waals surface area contributed by atoms with Crippen molar-refractivity contribution >= 4 is 22.9 Å². The molecule has 2 aromatic rings. The van der Waals surface area contributed by atoms with Crippen molar-refractivity contribution in [2.24, 2.45) is 0 Å². The Morgan fingerprint density at radius 3 is 2.50 bits per heavy atom. The fourth-order valence-corrected chi connectivity index (χ4v) is 2.94. The molecule has 0 bridgehead atoms. The highest BCUT2D eigenvalue weighted by Gasteiger charge is 2.21. The van der Waals surface area contributed by atoms with E-state index in [2.05, 4.69) is 5.32 Å². The number of carbonyl (C=O) groups is 1. The summed E-state index contributed by atoms with van der Waals surface area (Å²) in [6.45, 7) is 4.33. The Morgan fingerprint density at radius 2 is 1.95 bits per heavy atom. The normalized spacial score (nSPS) is 12.5. The van der Waals surface area contributed by atoms with Crippen molar-refractivity contribution in [1.82, 2.24) is 4.90 Å². The number of nitrogens with zero attached hydrogens (tertiary/aromatic N) is 1. The van der Waals surface area contributed by atoms with Crippen LogP contribution in [0.25, 0.3) is 0 Å². The van der Waals surface area contributed by atoms with Gasteiger partial charge in [0.2, 0.25) is 5.91 Å². The summed E-state index contributed by atoms with van der Waals surface area (Å²) in [5.74, 6) is -2.00. The number of hydrogen-bond donors (Lipinski definition) is 1. The number of amides is 1. The summed E-state index contributed by atoms with van der Waals surface area (Å²) in [6.07, 6.45) is 0. The van der Waals surface area contributed by atoms with Crippen LogP contribution in [-0.2, 0) is 11.3 Å². The van der Waals surface area contributed by atoms with Gasteiger partial charge in [-0.3, -0.25) is 9.69 Å². The molecule has 6 heteroatoms. The second-order valence-electron chi connectivity index (χ2n) is 5.20. The molecular formula is C16H18F2N2OS. The fraction of sp³-hybridized carbons (Fsp3) is 0.312. The van der Waals surface area contributed by atoms with E-state index < -0.39 is 29.3 Å². The molecule has 0 saturated carbocycles. The Hall–Kier alpha value is -1.79. The fourth-order valence-electron chi connectivity index (χ4n) is 1.97. The van der Waals surface area contributed by atoms with Gasteiger partial charge < -0.3 is 5.32 Å². The highest BCUT2D eigenvalue weighted by atomic mass is 32.1. The Morgan fingerprint density at radius 1 is 1.32 bits per heavy atom. The van der Waals surface area contributed by atoms with Gasteiger partial charge in [0.25, 0.3) is 0 Å². The predicted molar refractivity (Wildman–Crippen MR) is 85.0 cm³/mol. The van der Waals surface area contributed by atoms with Gasteiger partial charge in [0.15, 0.2) is 0 Å². The molecule has 1 N–H and O–H groups in total. The van der Waals surface area contributed by atoms with Gasteiger partial charge in [-0.15, -0.1) is 11.3 Å². The van der Waals surface area contributed by atoms with E-state index in [4.69, 9.17) is 0 Å². The van der Waals surface area contributed by atoms with Gasteiger partial charge >= 0.3 is 0 Å². The molecule has 0 aliphatic heterocycles. The zero-order valence-corrected chi connectivity index (χ0v) is 13.5. The van der Waals surface area contributed by atoms with Crippen molar-refractivity contribution in [3.8, 4) is 0 Å². The lowest BCUT2D eigenvalue weighted by molar-refractivity contribution is -0.120. The molecule has 1 heterocycles. The second kappa shape index (κ2) is 6.98. The Kier molecular flexibility index (Phi) is 5.26. The predicted octanol–water partition coefficient (Wildman–Crippen LogP) is 3.79. The minimum atomic E-state index is -0.780. The van der Waals surface area contributed by atoms with E-state index in [1.807, 2.05) is 23.3 Å². The van der Waals surface area contributed by atoms with E-state index in [1.165, 1.54) is 16.5 Å². The number of para-hydroxylation sites is 1. The van der Waals surface area contributed by atoms with Crippen LogP contribution in [0.3, 0.4) is 0 Å². The topological polar surface area (TPSA) is 32.3 Å². The number of benzene rings is 1. The molecule has 0 radical (unpaired) electrons. The minimum Gasteiger partial charge on any atom is -0.320 e. The lowest BCUT2D eigenvalue weighted by Crippen LogP contribution is -2.39. The van der Waals surface area contributed by atoms with Crippen molar-refractivity contribution < 1.29 is 13.6 Å². The monoisotopic (exact) mass is 324 g/mol. The van der Waals surface area contributed by atoms with Crippen LogP contribution in [0.4, 0.5) is 14.5 Å². The van der Waals surface area contributed by atoms with Crippen molar-refractivity contribution in [2.45, 2.75) is 26.4 Å². The number of rotatable bonds is 5. The van der Waals surface area contributed by atoms with E-state index in [0.29, 0.717) is 6.54 Å². The second-order valence-corrected chi connectivity index (χ2v) is 6.20. The first kappa shape index (κ1) is 16.6. The third-order valence-electron chi connectivity index (χ3n) is 3.61. The van der Waals surface area contributed by atoms with Crippen molar-refractivity contribution in [1.29, 1.82) is 0 Å². The lowest BCUT2D eigenvalue weighted by atomic mass is 10.2. The summed E-state index contributed by atoms with van der Waals surface area (Å²) in [5, 5.41) is 4.32. The van der Waals surface area contributed by atoms with Gasteiger partial charge in [0.1, 0.15) is 17.3 Å². The number of likely N-dealkylation sites (N-methyl/N-ethyl adjacent to an activating group) is 1. The lowest BCUT2D eigenvalue weighted by Gasteiger charge is -2.23. The Labute approximate surface area is 132 Å². The molecule has 0 fully saturated rings. The summed E-state index contributed by atoms with van der Waals surface area (Å²) in [7, 11) is 1.81. The molecular weight excluding hydrogens is 306 g/mol. The molecule has 2 rings (SSSR count). The molecule has 0 aliphatic rings. The quantitative estimate of drug-likeness (QED) is 0.907. The number of carbonyl (C=O) groups excluding carboxylic acids is 1. The van der Waals surface area contributed by atoms with Gasteiger partial charge in [-0.2, -0.15) is 0 Å². The highest BCUT2D eigenvalue weighted by Crippen LogP contribution is 2.20. The first-order valence-electron chi connectivity index (χ1n) is 6.88. The van der Waals surface area contributed by atoms with Crippen LogP contribution in [0.2, 0.25) is 0 Å². The van der Waals surface area contributed by atoms with Gasteiger partial charge in [0, 0.05) is 11.4 Å². The molecule has 1 aromatic heterocycles. The molecule has 0 unspecified atom stereocenters. The van der Waals surface area contributed by atoms with Crippen molar-refractivity contribution in [2.75, 3.05) is 12.4 Å². The summed E-state index contributed by atoms with van der Waals surface area (Å²) >= 11 is 1.62. The zero-order valence-electron chi connectivity index (χ0n) is 12.7. The molecule has 0 saturated heterocycles. The molecule has 0 spiro atoms. The molecule has 1 aromatic carbocycles. The maximum absolute atomic E-state index is 13.6. The van der Waals surface area contributed by atoms with Gasteiger partial charge in [-0.25, -0.2) is 8.78 Å². The molecule has 1 atom stereocenters. The van der Waals surface area contributed by atoms with Crippen LogP contribution in [0.15, 0.2) is 29.6 Å². The number of thiophene rings is 1. The van der Waals surface area contributed by atoms with E-state index in [-0.39, 0.29) is 0 Å². The Bertz CT molecular complexity index is 652. The average Bonchev–Trinajstić information content (AvgIpc) is 2.87. The zero-order chi connectivity index (χ0) is 16.3. The summed E-state index contributed by atoms with van der Waals surface area (Å²) in [5.41, 5.74) is 0.768. The van der Waals surface area contributed by atoms with Gasteiger partial charge in [-0.05, 0) is 50.0 Å². The van der Waals surface area contributed by atoms with Crippen molar-refractivity contribution in [3.63, 3.8) is 0 Å². The van der Waals surface area contributed by atoms with Crippen molar-refractivity contribution in [3.05, 3.63) is 51.7 Å². The first-order valence-corrected chi connectivity index (χ1v) is 7.76. The third-order valence-corrected chi connectivity index (χ3v) is 4.62. The smallest absolute Gasteiger partial charge is 0.241 e. The first-order chi connectivity index (χ1) is 10.4. The van der Waals surface area contributed by atoms with Crippen LogP contribution >= 0.6 is 11.3 Å². The van der Waals surface area contributed by atoms with Crippen LogP contribution in [0, 0.1) is 18.6 Å². The molecule has 118 valence electrons. The number of anilines is 1. The van der Waals surface area contributed by atoms with E-state index in [0.717, 1.165) is 12.1 Å². The molecule has 22 heavy (non-hydrogen) atoms. The average molecular weight is 324 g/mol. The third kappa shape index (κ3) is 3.69. The maximum atomic E-state index is 13.6. The van der Waals surface area contributed by atoms with Crippen LogP contribution in [0.1, 0.15) is 17.4 Å². The molecule has 1 amide bonds. The minimum absolute atomic E-state index is 0.403. The van der Waals surface area contributed by atoms with E-state index in [1.54, 1.807) is 25.3 Å². The summed E-state index contributed by atoms with van der Waals surface area (Å²) in [4.78, 5) is 15.2. The van der Waals surface area contributed by atoms with Crippen LogP contribution < -0.4 is 5.32 Å². The van der Waals surface area contributed by atoms with Gasteiger partial charge in [-0.1, -0.05) is 6.07 Å². The largest absolute Gasteiger partial charge is 0.320 e. The van der Waals surface area contributed by atoms with Crippen LogP contribution in [-0.4, -0.2) is 23.9 Å². The van der Waals surface area contributed by atoms with E-state index in [9.17, 15) is 13.6 Å². The number of hydrogen-bond acceptors (Lipinski definition) is 3. The summed E-state index contributed by atoms with van der Waals surface area (Å²) in [6, 6.07) is 4.99. The number of nitrogens with one attached hydrogen (secondary N) is 1. The highest BCUT2D eigenvalue weighted by molar-refractivity contribution is 7.10. The SMILES string of the molecule is Cc1ccsc1CN(C)[C@@H](C)C(=O)Nc1c(F)cccc1F. The number of halogens is 2. The maximum Gasteiger partial charge on any atom is 0.241 e. The van der Waals surface area contributed by atoms with E-state index >= 15 is 0 Å². The Balaban J connectivity index is 2.04. The standard InChI is InChI=1S/C16H18F2N2OS/c1-10-7-8-22-14(10)9-20(3)11(2)16(21)19-15-12(17)5-4-6-13(15)18/h4-8,11H,9H2,1-3H3,(H,19,21)/t11-/m0/s1. The summed E-state index contributed by atoms with van der Waals surface area (Å²) < 4.78 is 27.1. The molecule has 3 nitrogen and oxygen atoms in total. The van der Waals surface area contributed by atoms with Crippen LogP contribution in [0.5, 0.6) is 0 Å².